The highest BCUT2D eigenvalue weighted by molar-refractivity contribution is 4.97. The molecule has 3 unspecified atom stereocenters. The fraction of sp³-hybridized carbons (Fsp3) is 0.867. The lowest BCUT2D eigenvalue weighted by molar-refractivity contribution is 0.109. The van der Waals surface area contributed by atoms with Gasteiger partial charge in [-0.25, -0.2) is 0 Å². The van der Waals surface area contributed by atoms with E-state index >= 15 is 0 Å². The molecular weight excluding hydrogens is 208 g/mol. The highest BCUT2D eigenvalue weighted by atomic mass is 15.2. The summed E-state index contributed by atoms with van der Waals surface area (Å²) < 4.78 is 0. The summed E-state index contributed by atoms with van der Waals surface area (Å²) in [5, 5.41) is 3.71. The highest BCUT2D eigenvalue weighted by Gasteiger charge is 2.28. The first kappa shape index (κ1) is 14.5. The first-order valence-electron chi connectivity index (χ1n) is 7.09. The summed E-state index contributed by atoms with van der Waals surface area (Å²) in [4.78, 5) is 2.64. The first-order valence-corrected chi connectivity index (χ1v) is 7.09. The van der Waals surface area contributed by atoms with Gasteiger partial charge in [-0.3, -0.25) is 4.90 Å². The lowest BCUT2D eigenvalue weighted by Crippen LogP contribution is -2.58. The van der Waals surface area contributed by atoms with Crippen LogP contribution in [0.2, 0.25) is 0 Å². The fourth-order valence-corrected chi connectivity index (χ4v) is 2.55. The Balaban J connectivity index is 2.50. The Hall–Kier alpha value is -0.520. The lowest BCUT2D eigenvalue weighted by atomic mass is 9.95. The molecule has 1 aliphatic rings. The van der Waals surface area contributed by atoms with Crippen LogP contribution in [0.15, 0.2) is 0 Å². The Kier molecular flexibility index (Phi) is 6.62. The Morgan fingerprint density at radius 3 is 2.76 bits per heavy atom. The topological polar surface area (TPSA) is 15.3 Å². The van der Waals surface area contributed by atoms with Crippen molar-refractivity contribution in [2.45, 2.75) is 59.0 Å². The van der Waals surface area contributed by atoms with Gasteiger partial charge in [0.15, 0.2) is 0 Å². The molecule has 1 saturated heterocycles. The molecule has 0 saturated carbocycles. The minimum absolute atomic E-state index is 0.664. The van der Waals surface area contributed by atoms with E-state index in [4.69, 9.17) is 0 Å². The van der Waals surface area contributed by atoms with Crippen LogP contribution in [0.5, 0.6) is 0 Å². The zero-order valence-electron chi connectivity index (χ0n) is 11.9. The molecule has 0 aromatic rings. The zero-order valence-corrected chi connectivity index (χ0v) is 11.9. The van der Waals surface area contributed by atoms with Crippen molar-refractivity contribution in [1.82, 2.24) is 10.2 Å². The van der Waals surface area contributed by atoms with E-state index in [9.17, 15) is 0 Å². The van der Waals surface area contributed by atoms with Crippen LogP contribution in [-0.2, 0) is 0 Å². The highest BCUT2D eigenvalue weighted by Crippen LogP contribution is 2.17. The van der Waals surface area contributed by atoms with Crippen molar-refractivity contribution in [3.8, 4) is 11.8 Å². The Morgan fingerprint density at radius 2 is 2.18 bits per heavy atom. The summed E-state index contributed by atoms with van der Waals surface area (Å²) in [7, 11) is 0. The second-order valence-corrected chi connectivity index (χ2v) is 5.13. The second-order valence-electron chi connectivity index (χ2n) is 5.13. The summed E-state index contributed by atoms with van der Waals surface area (Å²) in [6.45, 7) is 12.3. The van der Waals surface area contributed by atoms with Gasteiger partial charge in [0, 0.05) is 38.1 Å². The quantitative estimate of drug-likeness (QED) is 0.738. The van der Waals surface area contributed by atoms with Crippen molar-refractivity contribution >= 4 is 0 Å². The molecule has 1 rings (SSSR count). The maximum Gasteiger partial charge on any atom is 0.0221 e. The van der Waals surface area contributed by atoms with Crippen LogP contribution in [0, 0.1) is 17.8 Å². The predicted molar refractivity (Wildman–Crippen MR) is 75.0 cm³/mol. The van der Waals surface area contributed by atoms with E-state index in [1.807, 2.05) is 6.92 Å². The molecule has 2 heteroatoms. The van der Waals surface area contributed by atoms with E-state index in [0.717, 1.165) is 25.4 Å². The van der Waals surface area contributed by atoms with Gasteiger partial charge in [0.05, 0.1) is 0 Å². The average Bonchev–Trinajstić information content (AvgIpc) is 2.38. The van der Waals surface area contributed by atoms with Gasteiger partial charge < -0.3 is 5.32 Å². The number of hydrogen-bond acceptors (Lipinski definition) is 2. The molecule has 3 atom stereocenters. The van der Waals surface area contributed by atoms with Crippen molar-refractivity contribution in [1.29, 1.82) is 0 Å². The monoisotopic (exact) mass is 236 g/mol. The van der Waals surface area contributed by atoms with Gasteiger partial charge in [0.1, 0.15) is 0 Å². The van der Waals surface area contributed by atoms with Crippen LogP contribution >= 0.6 is 0 Å². The third-order valence-electron chi connectivity index (χ3n) is 4.07. The third kappa shape index (κ3) is 4.33. The van der Waals surface area contributed by atoms with Crippen molar-refractivity contribution in [2.24, 2.45) is 5.92 Å². The predicted octanol–water partition coefficient (Wildman–Crippen LogP) is 2.50. The molecule has 0 spiro atoms. The summed E-state index contributed by atoms with van der Waals surface area (Å²) >= 11 is 0. The third-order valence-corrected chi connectivity index (χ3v) is 4.07. The molecule has 1 fully saturated rings. The van der Waals surface area contributed by atoms with Gasteiger partial charge in [0.25, 0.3) is 0 Å². The van der Waals surface area contributed by atoms with Crippen molar-refractivity contribution in [3.63, 3.8) is 0 Å². The van der Waals surface area contributed by atoms with Gasteiger partial charge in [0.2, 0.25) is 0 Å². The molecule has 98 valence electrons. The zero-order chi connectivity index (χ0) is 12.7. The summed E-state index contributed by atoms with van der Waals surface area (Å²) in [5.74, 6) is 6.95. The molecular formula is C15H28N2. The van der Waals surface area contributed by atoms with Gasteiger partial charge >= 0.3 is 0 Å². The number of nitrogens with zero attached hydrogens (tertiary/aromatic N) is 1. The van der Waals surface area contributed by atoms with Crippen LogP contribution in [-0.4, -0.2) is 36.6 Å². The molecule has 0 aliphatic carbocycles. The van der Waals surface area contributed by atoms with E-state index in [2.05, 4.69) is 42.8 Å². The molecule has 1 N–H and O–H groups in total. The summed E-state index contributed by atoms with van der Waals surface area (Å²) in [6, 6.07) is 1.37. The smallest absolute Gasteiger partial charge is 0.0221 e. The van der Waals surface area contributed by atoms with Gasteiger partial charge in [-0.2, -0.15) is 0 Å². The number of rotatable bonds is 5. The van der Waals surface area contributed by atoms with E-state index in [-0.39, 0.29) is 0 Å². The lowest BCUT2D eigenvalue weighted by Gasteiger charge is -2.42. The van der Waals surface area contributed by atoms with Crippen LogP contribution in [0.3, 0.4) is 0 Å². The fourth-order valence-electron chi connectivity index (χ4n) is 2.55. The van der Waals surface area contributed by atoms with Crippen LogP contribution in [0.1, 0.15) is 47.0 Å². The SMILES string of the molecule is CC#CCCN1CC(C(C)CC)NCC1CC. The normalized spacial score (nSPS) is 27.3. The second kappa shape index (κ2) is 7.74. The molecule has 0 radical (unpaired) electrons. The summed E-state index contributed by atoms with van der Waals surface area (Å²) in [6.07, 6.45) is 3.51. The van der Waals surface area contributed by atoms with E-state index in [0.29, 0.717) is 12.1 Å². The Bertz CT molecular complexity index is 264. The molecule has 0 aromatic carbocycles. The van der Waals surface area contributed by atoms with E-state index in [1.54, 1.807) is 0 Å². The maximum atomic E-state index is 3.71. The molecule has 17 heavy (non-hydrogen) atoms. The Morgan fingerprint density at radius 1 is 1.41 bits per heavy atom. The van der Waals surface area contributed by atoms with Crippen LogP contribution in [0.25, 0.3) is 0 Å². The minimum atomic E-state index is 0.664. The standard InChI is InChI=1S/C15H28N2/c1-5-8-9-10-17-12-15(13(4)6-2)16-11-14(17)7-3/h13-16H,6-7,9-12H2,1-4H3. The van der Waals surface area contributed by atoms with Crippen molar-refractivity contribution in [2.75, 3.05) is 19.6 Å². The van der Waals surface area contributed by atoms with Crippen LogP contribution in [0.4, 0.5) is 0 Å². The maximum absolute atomic E-state index is 3.71. The van der Waals surface area contributed by atoms with E-state index in [1.165, 1.54) is 19.4 Å². The average molecular weight is 236 g/mol. The molecule has 0 aromatic heterocycles. The minimum Gasteiger partial charge on any atom is -0.311 e. The Labute approximate surface area is 107 Å². The van der Waals surface area contributed by atoms with Gasteiger partial charge in [-0.05, 0) is 19.3 Å². The van der Waals surface area contributed by atoms with Crippen LogP contribution < -0.4 is 5.32 Å². The molecule has 0 bridgehead atoms. The van der Waals surface area contributed by atoms with Gasteiger partial charge in [-0.15, -0.1) is 11.8 Å². The molecule has 2 nitrogen and oxygen atoms in total. The largest absolute Gasteiger partial charge is 0.311 e. The van der Waals surface area contributed by atoms with E-state index < -0.39 is 0 Å². The summed E-state index contributed by atoms with van der Waals surface area (Å²) in [5.41, 5.74) is 0. The number of piperazine rings is 1. The first-order chi connectivity index (χ1) is 8.22. The van der Waals surface area contributed by atoms with Crippen molar-refractivity contribution < 1.29 is 0 Å². The molecule has 1 heterocycles. The number of hydrogen-bond donors (Lipinski definition) is 1. The molecule has 0 amide bonds. The van der Waals surface area contributed by atoms with Gasteiger partial charge in [-0.1, -0.05) is 27.2 Å². The molecule has 1 aliphatic heterocycles. The number of nitrogens with one attached hydrogen (secondary N) is 1. The van der Waals surface area contributed by atoms with Crippen molar-refractivity contribution in [3.05, 3.63) is 0 Å².